The second-order valence-corrected chi connectivity index (χ2v) is 11.7. The summed E-state index contributed by atoms with van der Waals surface area (Å²) in [5.41, 5.74) is 0.949. The van der Waals surface area contributed by atoms with Crippen LogP contribution in [0.1, 0.15) is 38.7 Å². The first-order chi connectivity index (χ1) is 16.9. The van der Waals surface area contributed by atoms with Gasteiger partial charge in [-0.3, -0.25) is 13.9 Å². The number of rotatable bonds is 12. The number of sulfonamides is 1. The van der Waals surface area contributed by atoms with Gasteiger partial charge in [0.05, 0.1) is 27.0 Å². The maximum Gasteiger partial charge on any atom is 0.242 e. The average molecular weight is 597 g/mol. The van der Waals surface area contributed by atoms with Crippen LogP contribution in [-0.2, 0) is 26.2 Å². The van der Waals surface area contributed by atoms with Gasteiger partial charge in [-0.25, -0.2) is 8.42 Å². The third-order valence-electron chi connectivity index (χ3n) is 5.40. The number of hydrogen-bond acceptors (Lipinski definition) is 4. The van der Waals surface area contributed by atoms with Gasteiger partial charge in [0.1, 0.15) is 6.04 Å². The Balaban J connectivity index is 2.26. The number of anilines is 1. The summed E-state index contributed by atoms with van der Waals surface area (Å²) in [6.07, 6.45) is 1.65. The Bertz CT molecular complexity index is 1190. The van der Waals surface area contributed by atoms with Crippen molar-refractivity contribution in [3.63, 3.8) is 0 Å². The highest BCUT2D eigenvalue weighted by atomic mass is 35.5. The fraction of sp³-hybridized carbons (Fsp3) is 0.417. The highest BCUT2D eigenvalue weighted by molar-refractivity contribution is 7.92. The van der Waals surface area contributed by atoms with Gasteiger partial charge in [-0.2, -0.15) is 0 Å². The lowest BCUT2D eigenvalue weighted by atomic mass is 10.1. The molecule has 7 nitrogen and oxygen atoms in total. The number of halogens is 4. The lowest BCUT2D eigenvalue weighted by molar-refractivity contribution is -0.141. The maximum absolute atomic E-state index is 13.4. The predicted octanol–water partition coefficient (Wildman–Crippen LogP) is 5.79. The fourth-order valence-corrected chi connectivity index (χ4v) is 5.43. The van der Waals surface area contributed by atoms with Crippen LogP contribution in [0.25, 0.3) is 0 Å². The highest BCUT2D eigenvalue weighted by Crippen LogP contribution is 2.31. The second-order valence-electron chi connectivity index (χ2n) is 8.12. The van der Waals surface area contributed by atoms with Crippen molar-refractivity contribution in [3.8, 4) is 0 Å². The van der Waals surface area contributed by atoms with Crippen LogP contribution in [-0.4, -0.2) is 50.5 Å². The van der Waals surface area contributed by atoms with Crippen LogP contribution in [0.4, 0.5) is 5.69 Å². The molecule has 0 aliphatic carbocycles. The predicted molar refractivity (Wildman–Crippen MR) is 148 cm³/mol. The van der Waals surface area contributed by atoms with Crippen molar-refractivity contribution in [2.75, 3.05) is 23.7 Å². The van der Waals surface area contributed by atoms with Gasteiger partial charge in [0.25, 0.3) is 0 Å². The molecule has 0 bridgehead atoms. The maximum atomic E-state index is 13.4. The Hall–Kier alpha value is -1.71. The fourth-order valence-electron chi connectivity index (χ4n) is 3.71. The minimum absolute atomic E-state index is 0.00142. The number of nitrogens with zero attached hydrogens (tertiary/aromatic N) is 2. The molecule has 2 aromatic rings. The Kier molecular flexibility index (Phi) is 11.6. The zero-order valence-corrected chi connectivity index (χ0v) is 24.1. The van der Waals surface area contributed by atoms with E-state index in [-0.39, 0.29) is 48.5 Å². The summed E-state index contributed by atoms with van der Waals surface area (Å²) in [7, 11) is -3.70. The summed E-state index contributed by atoms with van der Waals surface area (Å²) in [6, 6.07) is 8.86. The summed E-state index contributed by atoms with van der Waals surface area (Å²) in [6.45, 7) is 4.19. The number of benzene rings is 2. The van der Waals surface area contributed by atoms with E-state index in [0.29, 0.717) is 33.6 Å². The number of likely N-dealkylation sites (N-methyl/N-ethyl adjacent to an activating group) is 1. The standard InChI is InChI=1S/C24H29Cl4N3O4S/c1-4-21(24(33)29-5-2)30(15-16-8-10-18(26)20(28)13-16)23(32)7-6-12-31(36(3,34)35)22-14-17(25)9-11-19(22)27/h8-11,13-14,21H,4-7,12,15H2,1-3H3,(H,29,33)/t21-/m0/s1. The van der Waals surface area contributed by atoms with Gasteiger partial charge in [-0.15, -0.1) is 0 Å². The second kappa shape index (κ2) is 13.7. The van der Waals surface area contributed by atoms with E-state index in [0.717, 1.165) is 10.6 Å². The van der Waals surface area contributed by atoms with E-state index in [9.17, 15) is 18.0 Å². The molecule has 0 heterocycles. The molecule has 0 unspecified atom stereocenters. The molecule has 0 saturated carbocycles. The Labute approximate surface area is 232 Å². The van der Waals surface area contributed by atoms with Gasteiger partial charge in [0, 0.05) is 31.1 Å². The smallest absolute Gasteiger partial charge is 0.242 e. The molecule has 1 atom stereocenters. The molecule has 0 aliphatic rings. The van der Waals surface area contributed by atoms with Crippen molar-refractivity contribution in [1.82, 2.24) is 10.2 Å². The average Bonchev–Trinajstić information content (AvgIpc) is 2.80. The minimum Gasteiger partial charge on any atom is -0.355 e. The molecule has 0 aromatic heterocycles. The third kappa shape index (κ3) is 8.42. The molecule has 2 rings (SSSR count). The Morgan fingerprint density at radius 1 is 0.972 bits per heavy atom. The van der Waals surface area contributed by atoms with E-state index < -0.39 is 16.1 Å². The molecular formula is C24H29Cl4N3O4S. The highest BCUT2D eigenvalue weighted by Gasteiger charge is 2.29. The van der Waals surface area contributed by atoms with Crippen LogP contribution < -0.4 is 9.62 Å². The summed E-state index contributed by atoms with van der Waals surface area (Å²) < 4.78 is 26.1. The number of hydrogen-bond donors (Lipinski definition) is 1. The Morgan fingerprint density at radius 3 is 2.22 bits per heavy atom. The molecule has 1 N–H and O–H groups in total. The lowest BCUT2D eigenvalue weighted by Crippen LogP contribution is -2.49. The SMILES string of the molecule is CCNC(=O)[C@H](CC)N(Cc1ccc(Cl)c(Cl)c1)C(=O)CCCN(c1cc(Cl)ccc1Cl)S(C)(=O)=O. The van der Waals surface area contributed by atoms with Gasteiger partial charge in [0.15, 0.2) is 0 Å². The van der Waals surface area contributed by atoms with Crippen LogP contribution in [0.15, 0.2) is 36.4 Å². The van der Waals surface area contributed by atoms with E-state index in [1.165, 1.54) is 17.0 Å². The molecule has 0 spiro atoms. The van der Waals surface area contributed by atoms with Gasteiger partial charge in [-0.05, 0) is 55.7 Å². The van der Waals surface area contributed by atoms with Gasteiger partial charge >= 0.3 is 0 Å². The lowest BCUT2D eigenvalue weighted by Gasteiger charge is -2.31. The molecule has 0 saturated heterocycles. The van der Waals surface area contributed by atoms with Crippen molar-refractivity contribution in [1.29, 1.82) is 0 Å². The van der Waals surface area contributed by atoms with E-state index in [4.69, 9.17) is 46.4 Å². The Morgan fingerprint density at radius 2 is 1.64 bits per heavy atom. The summed E-state index contributed by atoms with van der Waals surface area (Å²) in [5, 5.41) is 4.05. The van der Waals surface area contributed by atoms with Crippen LogP contribution in [0.2, 0.25) is 20.1 Å². The monoisotopic (exact) mass is 595 g/mol. The van der Waals surface area contributed by atoms with Crippen LogP contribution in [0.5, 0.6) is 0 Å². The van der Waals surface area contributed by atoms with Crippen molar-refractivity contribution < 1.29 is 18.0 Å². The molecule has 2 aromatic carbocycles. The number of nitrogens with one attached hydrogen (secondary N) is 1. The summed E-state index contributed by atoms with van der Waals surface area (Å²) in [5.74, 6) is -0.568. The van der Waals surface area contributed by atoms with Gasteiger partial charge in [-0.1, -0.05) is 59.4 Å². The molecular weight excluding hydrogens is 568 g/mol. The zero-order valence-electron chi connectivity index (χ0n) is 20.2. The zero-order chi connectivity index (χ0) is 27.0. The van der Waals surface area contributed by atoms with Gasteiger partial charge in [0.2, 0.25) is 21.8 Å². The normalized spacial score (nSPS) is 12.2. The summed E-state index contributed by atoms with van der Waals surface area (Å²) >= 11 is 24.4. The van der Waals surface area contributed by atoms with Crippen LogP contribution >= 0.6 is 46.4 Å². The largest absolute Gasteiger partial charge is 0.355 e. The van der Waals surface area contributed by atoms with Crippen LogP contribution in [0, 0.1) is 0 Å². The molecule has 2 amide bonds. The first-order valence-corrected chi connectivity index (χ1v) is 14.7. The van der Waals surface area contributed by atoms with Crippen molar-refractivity contribution in [2.24, 2.45) is 0 Å². The van der Waals surface area contributed by atoms with Crippen molar-refractivity contribution in [2.45, 2.75) is 45.7 Å². The van der Waals surface area contributed by atoms with E-state index >= 15 is 0 Å². The minimum atomic E-state index is -3.70. The number of carbonyl (C=O) groups excluding carboxylic acids is 2. The number of carbonyl (C=O) groups is 2. The molecule has 12 heteroatoms. The quantitative estimate of drug-likeness (QED) is 0.336. The van der Waals surface area contributed by atoms with E-state index in [1.54, 1.807) is 31.2 Å². The molecule has 0 fully saturated rings. The molecule has 198 valence electrons. The van der Waals surface area contributed by atoms with Crippen molar-refractivity contribution >= 4 is 73.9 Å². The summed E-state index contributed by atoms with van der Waals surface area (Å²) in [4.78, 5) is 27.6. The third-order valence-corrected chi connectivity index (χ3v) is 7.88. The topological polar surface area (TPSA) is 86.8 Å². The van der Waals surface area contributed by atoms with Crippen molar-refractivity contribution in [3.05, 3.63) is 62.1 Å². The first kappa shape index (κ1) is 30.5. The number of amides is 2. The first-order valence-electron chi connectivity index (χ1n) is 11.3. The molecule has 36 heavy (non-hydrogen) atoms. The van der Waals surface area contributed by atoms with E-state index in [2.05, 4.69) is 5.32 Å². The van der Waals surface area contributed by atoms with E-state index in [1.807, 2.05) is 6.92 Å². The van der Waals surface area contributed by atoms with Gasteiger partial charge < -0.3 is 10.2 Å². The van der Waals surface area contributed by atoms with Crippen LogP contribution in [0.3, 0.4) is 0 Å². The molecule has 0 radical (unpaired) electrons. The molecule has 0 aliphatic heterocycles.